The summed E-state index contributed by atoms with van der Waals surface area (Å²) in [6.45, 7) is 0. The Morgan fingerprint density at radius 1 is 1.64 bits per heavy atom. The maximum Gasteiger partial charge on any atom is 0.252 e. The Hall–Kier alpha value is -1.59. The van der Waals surface area contributed by atoms with Crippen molar-refractivity contribution in [3.8, 4) is 0 Å². The lowest BCUT2D eigenvalue weighted by molar-refractivity contribution is 0.940. The number of fused-ring (bicyclic) bond motifs is 1. The molecule has 0 saturated carbocycles. The average molecular weight is 146 g/mol. The molecule has 5 nitrogen and oxygen atoms in total. The second-order valence-corrected chi connectivity index (χ2v) is 2.04. The molecule has 11 heavy (non-hydrogen) atoms. The fourth-order valence-corrected chi connectivity index (χ4v) is 0.819. The van der Waals surface area contributed by atoms with Crippen LogP contribution in [-0.2, 0) is 0 Å². The van der Waals surface area contributed by atoms with Gasteiger partial charge >= 0.3 is 0 Å². The van der Waals surface area contributed by atoms with Crippen molar-refractivity contribution in [1.82, 2.24) is 19.6 Å². The molecule has 0 atom stereocenters. The first kappa shape index (κ1) is 6.15. The van der Waals surface area contributed by atoms with Crippen LogP contribution in [0, 0.1) is 0 Å². The molecule has 6 heteroatoms. The number of hydrogen-bond donors (Lipinski definition) is 1. The third-order valence-corrected chi connectivity index (χ3v) is 1.25. The number of rotatable bonds is 0. The standard InChI is InChI=1S/C5H3BN4O/c6-4-8-5-7-3(11)1-2-10(5)9-4/h1-2H,(H,7,8,9,11). The highest BCUT2D eigenvalue weighted by atomic mass is 16.1. The van der Waals surface area contributed by atoms with Crippen LogP contribution in [0.15, 0.2) is 17.1 Å². The summed E-state index contributed by atoms with van der Waals surface area (Å²) in [5, 5.41) is 3.77. The van der Waals surface area contributed by atoms with Crippen LogP contribution >= 0.6 is 0 Å². The van der Waals surface area contributed by atoms with Crippen molar-refractivity contribution >= 4 is 19.3 Å². The summed E-state index contributed by atoms with van der Waals surface area (Å²) in [7, 11) is 5.28. The first-order valence-electron chi connectivity index (χ1n) is 2.97. The van der Waals surface area contributed by atoms with E-state index in [2.05, 4.69) is 15.1 Å². The lowest BCUT2D eigenvalue weighted by Gasteiger charge is -1.85. The summed E-state index contributed by atoms with van der Waals surface area (Å²) in [6, 6.07) is 1.35. The van der Waals surface area contributed by atoms with Crippen LogP contribution in [0.3, 0.4) is 0 Å². The van der Waals surface area contributed by atoms with Crippen molar-refractivity contribution in [3.05, 3.63) is 22.6 Å². The molecule has 0 aliphatic carbocycles. The van der Waals surface area contributed by atoms with Crippen LogP contribution in [0.25, 0.3) is 5.78 Å². The van der Waals surface area contributed by atoms with Crippen LogP contribution in [-0.4, -0.2) is 27.4 Å². The number of H-pyrrole nitrogens is 1. The lowest BCUT2D eigenvalue weighted by atomic mass is 10.1. The molecule has 2 rings (SSSR count). The Labute approximate surface area is 62.5 Å². The van der Waals surface area contributed by atoms with Crippen molar-refractivity contribution in [2.75, 3.05) is 0 Å². The van der Waals surface area contributed by atoms with Crippen molar-refractivity contribution in [3.63, 3.8) is 0 Å². The molecular weight excluding hydrogens is 143 g/mol. The summed E-state index contributed by atoms with van der Waals surface area (Å²) in [6.07, 6.45) is 1.50. The molecule has 0 saturated heterocycles. The SMILES string of the molecule is [B]c1nc2[nH]c(=O)ccn2n1. The van der Waals surface area contributed by atoms with E-state index in [-0.39, 0.29) is 11.3 Å². The smallest absolute Gasteiger partial charge is 0.252 e. The topological polar surface area (TPSA) is 63.0 Å². The van der Waals surface area contributed by atoms with Crippen molar-refractivity contribution < 1.29 is 0 Å². The van der Waals surface area contributed by atoms with Gasteiger partial charge in [-0.15, -0.1) is 0 Å². The Bertz CT molecular complexity index is 445. The molecule has 52 valence electrons. The van der Waals surface area contributed by atoms with Gasteiger partial charge < -0.3 is 0 Å². The average Bonchev–Trinajstić information content (AvgIpc) is 2.27. The zero-order valence-electron chi connectivity index (χ0n) is 5.48. The Morgan fingerprint density at radius 3 is 3.27 bits per heavy atom. The van der Waals surface area contributed by atoms with Gasteiger partial charge in [-0.1, -0.05) is 0 Å². The summed E-state index contributed by atoms with van der Waals surface area (Å²) < 4.78 is 1.40. The molecule has 1 N–H and O–H groups in total. The van der Waals surface area contributed by atoms with Gasteiger partial charge in [0.2, 0.25) is 5.78 Å². The third kappa shape index (κ3) is 0.919. The predicted octanol–water partition coefficient (Wildman–Crippen LogP) is -1.79. The highest BCUT2D eigenvalue weighted by molar-refractivity contribution is 6.29. The normalized spacial score (nSPS) is 10.5. The van der Waals surface area contributed by atoms with Gasteiger partial charge in [-0.3, -0.25) is 9.78 Å². The largest absolute Gasteiger partial charge is 0.291 e. The van der Waals surface area contributed by atoms with Gasteiger partial charge in [-0.25, -0.2) is 9.50 Å². The maximum absolute atomic E-state index is 10.7. The number of nitrogens with one attached hydrogen (secondary N) is 1. The fourth-order valence-electron chi connectivity index (χ4n) is 0.819. The zero-order chi connectivity index (χ0) is 7.84. The second-order valence-electron chi connectivity index (χ2n) is 2.04. The molecule has 0 spiro atoms. The molecule has 0 amide bonds. The van der Waals surface area contributed by atoms with Gasteiger partial charge in [-0.2, -0.15) is 5.10 Å². The zero-order valence-corrected chi connectivity index (χ0v) is 5.48. The van der Waals surface area contributed by atoms with Gasteiger partial charge in [0, 0.05) is 12.3 Å². The number of aromatic amines is 1. The molecule has 0 fully saturated rings. The van der Waals surface area contributed by atoms with Crippen LogP contribution in [0.2, 0.25) is 0 Å². The predicted molar refractivity (Wildman–Crippen MR) is 39.0 cm³/mol. The third-order valence-electron chi connectivity index (χ3n) is 1.25. The molecule has 0 aliphatic rings. The summed E-state index contributed by atoms with van der Waals surface area (Å²) >= 11 is 0. The first-order chi connectivity index (χ1) is 5.25. The quantitative estimate of drug-likeness (QED) is 0.446. The molecule has 2 aromatic rings. The number of hydrogen-bond acceptors (Lipinski definition) is 3. The summed E-state index contributed by atoms with van der Waals surface area (Å²) in [4.78, 5) is 16.9. The Kier molecular flexibility index (Phi) is 1.09. The van der Waals surface area contributed by atoms with Crippen molar-refractivity contribution in [1.29, 1.82) is 0 Å². The van der Waals surface area contributed by atoms with E-state index in [0.29, 0.717) is 5.78 Å². The fraction of sp³-hybridized carbons (Fsp3) is 0. The lowest BCUT2D eigenvalue weighted by Crippen LogP contribution is -2.06. The molecule has 2 aromatic heterocycles. The van der Waals surface area contributed by atoms with Crippen LogP contribution in [0.5, 0.6) is 0 Å². The van der Waals surface area contributed by atoms with Crippen LogP contribution in [0.4, 0.5) is 0 Å². The van der Waals surface area contributed by atoms with E-state index in [9.17, 15) is 4.79 Å². The van der Waals surface area contributed by atoms with E-state index in [1.54, 1.807) is 0 Å². The van der Waals surface area contributed by atoms with Crippen molar-refractivity contribution in [2.45, 2.75) is 0 Å². The van der Waals surface area contributed by atoms with Gasteiger partial charge in [-0.05, 0) is 0 Å². The van der Waals surface area contributed by atoms with Crippen LogP contribution in [0.1, 0.15) is 0 Å². The minimum Gasteiger partial charge on any atom is -0.291 e. The summed E-state index contributed by atoms with van der Waals surface area (Å²) in [5.74, 6) is 0.356. The molecule has 0 bridgehead atoms. The molecule has 2 radical (unpaired) electrons. The minimum atomic E-state index is -0.218. The van der Waals surface area contributed by atoms with Crippen molar-refractivity contribution in [2.24, 2.45) is 0 Å². The number of nitrogens with zero attached hydrogens (tertiary/aromatic N) is 3. The Balaban J connectivity index is 2.92. The highest BCUT2D eigenvalue weighted by Gasteiger charge is 1.96. The number of aromatic nitrogens is 4. The van der Waals surface area contributed by atoms with E-state index in [1.165, 1.54) is 16.8 Å². The van der Waals surface area contributed by atoms with E-state index in [0.717, 1.165) is 0 Å². The molecule has 2 heterocycles. The molecular formula is C5H3BN4O. The molecule has 0 aromatic carbocycles. The van der Waals surface area contributed by atoms with Gasteiger partial charge in [0.25, 0.3) is 5.56 Å². The summed E-state index contributed by atoms with van der Waals surface area (Å²) in [5.41, 5.74) is -0.0725. The Morgan fingerprint density at radius 2 is 2.45 bits per heavy atom. The van der Waals surface area contributed by atoms with Gasteiger partial charge in [0.1, 0.15) is 0 Å². The minimum absolute atomic E-state index is 0.145. The van der Waals surface area contributed by atoms with E-state index in [1.807, 2.05) is 0 Å². The van der Waals surface area contributed by atoms with Gasteiger partial charge in [0.05, 0.1) is 5.72 Å². The first-order valence-corrected chi connectivity index (χ1v) is 2.97. The monoisotopic (exact) mass is 146 g/mol. The van der Waals surface area contributed by atoms with Gasteiger partial charge in [0.15, 0.2) is 7.85 Å². The maximum atomic E-state index is 10.7. The molecule has 0 unspecified atom stereocenters. The second kappa shape index (κ2) is 1.95. The van der Waals surface area contributed by atoms with E-state index < -0.39 is 0 Å². The molecule has 0 aliphatic heterocycles. The van der Waals surface area contributed by atoms with E-state index >= 15 is 0 Å². The van der Waals surface area contributed by atoms with E-state index in [4.69, 9.17) is 7.85 Å². The van der Waals surface area contributed by atoms with Crippen LogP contribution < -0.4 is 11.3 Å². The highest BCUT2D eigenvalue weighted by Crippen LogP contribution is 1.82.